The zero-order valence-corrected chi connectivity index (χ0v) is 8.20. The number of hydrogen-bond acceptors (Lipinski definition) is 1. The highest BCUT2D eigenvalue weighted by Crippen LogP contribution is 2.10. The third-order valence-corrected chi connectivity index (χ3v) is 2.21. The van der Waals surface area contributed by atoms with Gasteiger partial charge in [0.1, 0.15) is 5.82 Å². The Morgan fingerprint density at radius 2 is 2.14 bits per heavy atom. The third kappa shape index (κ3) is 1.90. The lowest BCUT2D eigenvalue weighted by molar-refractivity contribution is 0.613. The highest BCUT2D eigenvalue weighted by Gasteiger charge is 2.02. The summed E-state index contributed by atoms with van der Waals surface area (Å²) in [5.41, 5.74) is 1.55. The van der Waals surface area contributed by atoms with Crippen molar-refractivity contribution in [3.8, 4) is 0 Å². The van der Waals surface area contributed by atoms with Crippen LogP contribution in [0.5, 0.6) is 0 Å². The van der Waals surface area contributed by atoms with Crippen LogP contribution < -0.4 is 0 Å². The molecular formula is C10H11FN2S. The van der Waals surface area contributed by atoms with E-state index in [0.29, 0.717) is 16.8 Å². The molecule has 2 rings (SSSR count). The number of imidazole rings is 1. The van der Waals surface area contributed by atoms with Gasteiger partial charge in [0.25, 0.3) is 0 Å². The smallest absolute Gasteiger partial charge is 0.174 e. The minimum absolute atomic E-state index is 0. The van der Waals surface area contributed by atoms with E-state index in [9.17, 15) is 4.39 Å². The van der Waals surface area contributed by atoms with Gasteiger partial charge in [0, 0.05) is 19.7 Å². The summed E-state index contributed by atoms with van der Waals surface area (Å²) in [6.45, 7) is 0. The SMILES string of the molecule is Fc1ccccc1Cc1c[nH]c(=S)[nH]1.[HH]. The average molecular weight is 210 g/mol. The molecule has 0 fully saturated rings. The van der Waals surface area contributed by atoms with Gasteiger partial charge in [-0.2, -0.15) is 0 Å². The van der Waals surface area contributed by atoms with Crippen molar-refractivity contribution in [3.63, 3.8) is 0 Å². The summed E-state index contributed by atoms with van der Waals surface area (Å²) in [5.74, 6) is -0.187. The number of hydrogen-bond donors (Lipinski definition) is 2. The molecule has 0 saturated heterocycles. The summed E-state index contributed by atoms with van der Waals surface area (Å²) >= 11 is 4.88. The van der Waals surface area contributed by atoms with Gasteiger partial charge in [0.15, 0.2) is 4.77 Å². The van der Waals surface area contributed by atoms with Crippen molar-refractivity contribution in [1.82, 2.24) is 9.97 Å². The van der Waals surface area contributed by atoms with Gasteiger partial charge in [0.2, 0.25) is 0 Å². The molecule has 0 saturated carbocycles. The van der Waals surface area contributed by atoms with Gasteiger partial charge in [-0.15, -0.1) is 0 Å². The van der Waals surface area contributed by atoms with E-state index in [1.807, 2.05) is 6.07 Å². The molecule has 0 bridgehead atoms. The molecule has 0 amide bonds. The predicted molar refractivity (Wildman–Crippen MR) is 57.3 cm³/mol. The summed E-state index contributed by atoms with van der Waals surface area (Å²) in [6.07, 6.45) is 2.29. The fourth-order valence-electron chi connectivity index (χ4n) is 1.31. The maximum absolute atomic E-state index is 13.2. The number of halogens is 1. The zero-order valence-electron chi connectivity index (χ0n) is 7.38. The Morgan fingerprint density at radius 1 is 1.36 bits per heavy atom. The first-order chi connectivity index (χ1) is 6.75. The molecule has 2 nitrogen and oxygen atoms in total. The highest BCUT2D eigenvalue weighted by molar-refractivity contribution is 7.71. The maximum Gasteiger partial charge on any atom is 0.174 e. The highest BCUT2D eigenvalue weighted by atomic mass is 32.1. The number of H-pyrrole nitrogens is 2. The molecule has 1 aromatic carbocycles. The van der Waals surface area contributed by atoms with Crippen LogP contribution in [0, 0.1) is 10.6 Å². The van der Waals surface area contributed by atoms with Crippen LogP contribution in [-0.2, 0) is 6.42 Å². The number of aromatic nitrogens is 2. The van der Waals surface area contributed by atoms with E-state index in [2.05, 4.69) is 9.97 Å². The normalized spacial score (nSPS) is 10.4. The van der Waals surface area contributed by atoms with Crippen molar-refractivity contribution in [1.29, 1.82) is 0 Å². The van der Waals surface area contributed by atoms with E-state index in [1.54, 1.807) is 18.3 Å². The van der Waals surface area contributed by atoms with Crippen molar-refractivity contribution in [3.05, 3.63) is 52.3 Å². The summed E-state index contributed by atoms with van der Waals surface area (Å²) in [4.78, 5) is 5.79. The fourth-order valence-corrected chi connectivity index (χ4v) is 1.50. The molecule has 2 N–H and O–H groups in total. The van der Waals surface area contributed by atoms with Crippen LogP contribution in [0.3, 0.4) is 0 Å². The number of aromatic amines is 2. The number of rotatable bonds is 2. The molecule has 0 aliphatic heterocycles. The van der Waals surface area contributed by atoms with Crippen LogP contribution in [0.2, 0.25) is 0 Å². The molecular weight excluding hydrogens is 199 g/mol. The van der Waals surface area contributed by atoms with Crippen molar-refractivity contribution in [2.45, 2.75) is 6.42 Å². The standard InChI is InChI=1S/C10H9FN2S.H2/c11-9-4-2-1-3-7(9)5-8-6-12-10(14)13-8;/h1-4,6H,5H2,(H2,12,13,14);1H. The fraction of sp³-hybridized carbons (Fsp3) is 0.100. The molecule has 0 spiro atoms. The lowest BCUT2D eigenvalue weighted by Gasteiger charge is -1.99. The van der Waals surface area contributed by atoms with Gasteiger partial charge in [0.05, 0.1) is 0 Å². The monoisotopic (exact) mass is 210 g/mol. The van der Waals surface area contributed by atoms with E-state index >= 15 is 0 Å². The minimum Gasteiger partial charge on any atom is -0.337 e. The Hall–Kier alpha value is -1.42. The summed E-state index contributed by atoms with van der Waals surface area (Å²) < 4.78 is 13.8. The van der Waals surface area contributed by atoms with Crippen molar-refractivity contribution in [2.75, 3.05) is 0 Å². The lowest BCUT2D eigenvalue weighted by atomic mass is 10.1. The largest absolute Gasteiger partial charge is 0.337 e. The second-order valence-electron chi connectivity index (χ2n) is 3.04. The van der Waals surface area contributed by atoms with Gasteiger partial charge < -0.3 is 9.97 Å². The Labute approximate surface area is 87.3 Å². The van der Waals surface area contributed by atoms with Gasteiger partial charge in [-0.1, -0.05) is 18.2 Å². The van der Waals surface area contributed by atoms with E-state index in [-0.39, 0.29) is 7.24 Å². The van der Waals surface area contributed by atoms with Crippen LogP contribution in [-0.4, -0.2) is 9.97 Å². The number of nitrogens with one attached hydrogen (secondary N) is 2. The van der Waals surface area contributed by atoms with Crippen molar-refractivity contribution < 1.29 is 5.82 Å². The van der Waals surface area contributed by atoms with Crippen LogP contribution in [0.25, 0.3) is 0 Å². The average Bonchev–Trinajstić information content (AvgIpc) is 2.56. The van der Waals surface area contributed by atoms with Crippen LogP contribution >= 0.6 is 12.2 Å². The molecule has 74 valence electrons. The van der Waals surface area contributed by atoms with Gasteiger partial charge in [-0.25, -0.2) is 4.39 Å². The van der Waals surface area contributed by atoms with E-state index in [1.165, 1.54) is 6.07 Å². The molecule has 0 aliphatic carbocycles. The molecule has 14 heavy (non-hydrogen) atoms. The van der Waals surface area contributed by atoms with Gasteiger partial charge >= 0.3 is 0 Å². The first kappa shape index (κ1) is 9.15. The maximum atomic E-state index is 13.2. The third-order valence-electron chi connectivity index (χ3n) is 1.99. The molecule has 0 aliphatic rings. The Kier molecular flexibility index (Phi) is 2.45. The summed E-state index contributed by atoms with van der Waals surface area (Å²) in [6, 6.07) is 6.72. The molecule has 2 aromatic rings. The van der Waals surface area contributed by atoms with E-state index in [4.69, 9.17) is 12.2 Å². The zero-order chi connectivity index (χ0) is 9.97. The van der Waals surface area contributed by atoms with Crippen molar-refractivity contribution >= 4 is 12.2 Å². The molecule has 4 heteroatoms. The molecule has 0 atom stereocenters. The van der Waals surface area contributed by atoms with Gasteiger partial charge in [-0.05, 0) is 23.8 Å². The Morgan fingerprint density at radius 3 is 2.79 bits per heavy atom. The number of benzene rings is 1. The quantitative estimate of drug-likeness (QED) is 0.733. The van der Waals surface area contributed by atoms with Crippen LogP contribution in [0.15, 0.2) is 30.5 Å². The van der Waals surface area contributed by atoms with E-state index in [0.717, 1.165) is 5.69 Å². The van der Waals surface area contributed by atoms with Crippen LogP contribution in [0.1, 0.15) is 12.7 Å². The predicted octanol–water partition coefficient (Wildman–Crippen LogP) is 3.05. The first-order valence-electron chi connectivity index (χ1n) is 4.25. The minimum atomic E-state index is -0.187. The van der Waals surface area contributed by atoms with Crippen LogP contribution in [0.4, 0.5) is 4.39 Å². The Bertz CT molecular complexity index is 492. The Balaban J connectivity index is 0.00000112. The second-order valence-corrected chi connectivity index (χ2v) is 3.44. The summed E-state index contributed by atoms with van der Waals surface area (Å²) in [5, 5.41) is 0. The van der Waals surface area contributed by atoms with E-state index < -0.39 is 0 Å². The molecule has 1 aromatic heterocycles. The summed E-state index contributed by atoms with van der Waals surface area (Å²) in [7, 11) is 0. The van der Waals surface area contributed by atoms with Crippen molar-refractivity contribution in [2.24, 2.45) is 0 Å². The topological polar surface area (TPSA) is 31.6 Å². The lowest BCUT2D eigenvalue weighted by Crippen LogP contribution is -1.91. The molecule has 0 unspecified atom stereocenters. The molecule has 0 radical (unpaired) electrons. The molecule has 1 heterocycles. The first-order valence-corrected chi connectivity index (χ1v) is 4.66. The van der Waals surface area contributed by atoms with Gasteiger partial charge in [-0.3, -0.25) is 0 Å². The second kappa shape index (κ2) is 3.75.